The SMILES string of the molecule is CCCS(=O)(=O)c1cccc(N2CC(O)(c3ccc(OCc4c(-c5c(Cl)cccc5Cl)noc4C4CC4)cc3Cl)C2)c1.O=C=O.OC1(c2ccc(OCc3c(-c4c(Cl)cccc4Cl)noc3C3CC3)cc2Cl)CN(c2cccc(Br)c2)C1. The fourth-order valence-corrected chi connectivity index (χ4v) is 13.7. The fourth-order valence-electron chi connectivity index (χ4n) is 10.1. The Morgan fingerprint density at radius 3 is 1.39 bits per heavy atom. The molecule has 4 heterocycles. The normalized spacial score (nSPS) is 15.9. The summed E-state index contributed by atoms with van der Waals surface area (Å²) in [6.07, 6.45) is 4.94. The second kappa shape index (κ2) is 24.9. The van der Waals surface area contributed by atoms with E-state index in [0.29, 0.717) is 107 Å². The van der Waals surface area contributed by atoms with E-state index in [1.54, 1.807) is 78.9 Å². The van der Waals surface area contributed by atoms with Crippen LogP contribution >= 0.6 is 85.5 Å². The van der Waals surface area contributed by atoms with Gasteiger partial charge in [-0.25, -0.2) is 8.42 Å². The van der Waals surface area contributed by atoms with Gasteiger partial charge in [0, 0.05) is 49.9 Å². The van der Waals surface area contributed by atoms with Gasteiger partial charge >= 0.3 is 6.15 Å². The van der Waals surface area contributed by atoms with Crippen molar-refractivity contribution in [1.82, 2.24) is 10.3 Å². The van der Waals surface area contributed by atoms with Gasteiger partial charge < -0.3 is 38.5 Å². The number of aromatic nitrogens is 2. The maximum atomic E-state index is 12.5. The van der Waals surface area contributed by atoms with E-state index < -0.39 is 21.0 Å². The molecule has 426 valence electrons. The highest BCUT2D eigenvalue weighted by atomic mass is 79.9. The Labute approximate surface area is 511 Å². The Morgan fingerprint density at radius 1 is 0.598 bits per heavy atom. The van der Waals surface area contributed by atoms with Crippen LogP contribution in [0.2, 0.25) is 30.1 Å². The third-order valence-corrected chi connectivity index (χ3v) is 18.9. The Hall–Kier alpha value is -5.59. The number of sulfone groups is 1. The summed E-state index contributed by atoms with van der Waals surface area (Å²) in [7, 11) is -3.34. The minimum atomic E-state index is -3.34. The minimum Gasteiger partial charge on any atom is -0.489 e. The molecule has 0 radical (unpaired) electrons. The molecule has 2 saturated heterocycles. The summed E-state index contributed by atoms with van der Waals surface area (Å²) in [6, 6.07) is 36.1. The number of rotatable bonds is 17. The maximum Gasteiger partial charge on any atom is 0.373 e. The molecular formula is C60H51BrCl6N4O10S. The van der Waals surface area contributed by atoms with Crippen LogP contribution < -0.4 is 19.3 Å². The highest BCUT2D eigenvalue weighted by molar-refractivity contribution is 9.10. The van der Waals surface area contributed by atoms with Crippen LogP contribution in [0.1, 0.15) is 84.6 Å². The van der Waals surface area contributed by atoms with Gasteiger partial charge in [-0.05, 0) is 117 Å². The summed E-state index contributed by atoms with van der Waals surface area (Å²) in [5, 5.41) is 34.0. The number of β-amino-alcohol motifs (C(OH)–C–C–N with tert-alkyl or cyclic N) is 2. The summed E-state index contributed by atoms with van der Waals surface area (Å²) < 4.78 is 49.8. The fraction of sp³-hybridized carbons (Fsp3) is 0.283. The van der Waals surface area contributed by atoms with Crippen molar-refractivity contribution >= 4 is 113 Å². The average Bonchev–Trinajstić information content (AvgIpc) is 4.16. The molecule has 0 unspecified atom stereocenters. The Balaban J connectivity index is 0.000000177. The smallest absolute Gasteiger partial charge is 0.373 e. The van der Waals surface area contributed by atoms with Gasteiger partial charge in [0.2, 0.25) is 0 Å². The molecule has 0 bridgehead atoms. The van der Waals surface area contributed by atoms with Gasteiger partial charge in [-0.2, -0.15) is 9.59 Å². The van der Waals surface area contributed by atoms with Crippen molar-refractivity contribution in [2.75, 3.05) is 41.7 Å². The molecule has 8 aromatic rings. The van der Waals surface area contributed by atoms with E-state index in [-0.39, 0.29) is 43.1 Å². The van der Waals surface area contributed by atoms with Gasteiger partial charge in [0.25, 0.3) is 0 Å². The first-order valence-electron chi connectivity index (χ1n) is 26.1. The zero-order valence-corrected chi connectivity index (χ0v) is 50.6. The van der Waals surface area contributed by atoms with E-state index >= 15 is 0 Å². The highest BCUT2D eigenvalue weighted by Gasteiger charge is 2.46. The molecular weight excluding hydrogens is 1260 g/mol. The Morgan fingerprint density at radius 2 is 1.00 bits per heavy atom. The second-order valence-corrected chi connectivity index (χ2v) is 26.0. The molecule has 6 aromatic carbocycles. The molecule has 2 aromatic heterocycles. The monoisotopic (exact) mass is 1310 g/mol. The van der Waals surface area contributed by atoms with Crippen LogP contribution in [-0.2, 0) is 43.8 Å². The van der Waals surface area contributed by atoms with Crippen LogP contribution in [0.3, 0.4) is 0 Å². The molecule has 2 saturated carbocycles. The first kappa shape index (κ1) is 59.6. The second-order valence-electron chi connectivity index (χ2n) is 20.5. The third-order valence-electron chi connectivity index (χ3n) is 14.6. The molecule has 2 N–H and O–H groups in total. The summed E-state index contributed by atoms with van der Waals surface area (Å²) in [6.45, 7) is 3.70. The van der Waals surface area contributed by atoms with Gasteiger partial charge in [0.1, 0.15) is 58.8 Å². The topological polar surface area (TPSA) is 186 Å². The van der Waals surface area contributed by atoms with Crippen LogP contribution in [0.15, 0.2) is 140 Å². The van der Waals surface area contributed by atoms with Crippen molar-refractivity contribution in [1.29, 1.82) is 0 Å². The molecule has 4 aliphatic rings. The van der Waals surface area contributed by atoms with E-state index in [1.165, 1.54) is 0 Å². The lowest BCUT2D eigenvalue weighted by Gasteiger charge is -2.48. The molecule has 4 fully saturated rings. The molecule has 2 aliphatic heterocycles. The van der Waals surface area contributed by atoms with E-state index in [9.17, 15) is 18.6 Å². The third kappa shape index (κ3) is 12.9. The lowest BCUT2D eigenvalue weighted by Crippen LogP contribution is -2.59. The molecule has 0 spiro atoms. The Bertz CT molecular complexity index is 3780. The lowest BCUT2D eigenvalue weighted by atomic mass is 9.85. The van der Waals surface area contributed by atoms with Crippen molar-refractivity contribution in [3.63, 3.8) is 0 Å². The van der Waals surface area contributed by atoms with Crippen molar-refractivity contribution in [2.45, 2.75) is 80.2 Å². The number of halogens is 7. The summed E-state index contributed by atoms with van der Waals surface area (Å²) in [5.74, 6) is 3.41. The van der Waals surface area contributed by atoms with Gasteiger partial charge in [0.15, 0.2) is 9.84 Å². The number of anilines is 2. The highest BCUT2D eigenvalue weighted by Crippen LogP contribution is 2.49. The lowest BCUT2D eigenvalue weighted by molar-refractivity contribution is -0.191. The van der Waals surface area contributed by atoms with Crippen LogP contribution in [0.25, 0.3) is 22.5 Å². The van der Waals surface area contributed by atoms with E-state index in [1.807, 2.05) is 54.3 Å². The standard InChI is InChI=1S/C31H29Cl3N2O5S.C28H22BrCl3N2O3.CO2/c1-2-13-42(38,39)22-6-3-5-20(14-22)36-17-31(37,18-36)24-12-11-21(15-27(24)34)40-16-23-29(35-41-30(23)19-9-10-19)28-25(32)7-4-8-26(28)33;29-17-3-1-4-18(11-17)34-14-28(35,15-34)21-10-9-19(12-24(21)32)36-13-20-26(33-37-27(20)16-7-8-16)25-22(30)5-2-6-23(25)31;2-1-3/h3-8,11-12,14-15,19,37H,2,9-10,13,16-18H2,1H3;1-6,9-12,16,35H,7-8,13-15H2;. The van der Waals surface area contributed by atoms with Crippen molar-refractivity contribution < 1.29 is 46.7 Å². The number of hydrogen-bond donors (Lipinski definition) is 2. The first-order valence-corrected chi connectivity index (χ1v) is 30.8. The van der Waals surface area contributed by atoms with Gasteiger partial charge in [0.05, 0.1) is 78.1 Å². The Kier molecular flexibility index (Phi) is 18.1. The number of ether oxygens (including phenoxy) is 2. The van der Waals surface area contributed by atoms with Gasteiger partial charge in [-0.1, -0.05) is 139 Å². The number of aliphatic hydroxyl groups is 2. The molecule has 2 aliphatic carbocycles. The summed E-state index contributed by atoms with van der Waals surface area (Å²) in [5.41, 5.74) is 4.85. The van der Waals surface area contributed by atoms with Crippen LogP contribution in [0, 0.1) is 0 Å². The number of carbonyl (C=O) groups excluding carboxylic acids is 2. The van der Waals surface area contributed by atoms with E-state index in [0.717, 1.165) is 64.2 Å². The number of hydrogen-bond acceptors (Lipinski definition) is 14. The van der Waals surface area contributed by atoms with Gasteiger partial charge in [-0.3, -0.25) is 0 Å². The molecule has 0 amide bonds. The quantitative estimate of drug-likeness (QED) is 0.0877. The predicted molar refractivity (Wildman–Crippen MR) is 320 cm³/mol. The first-order chi connectivity index (χ1) is 39.3. The van der Waals surface area contributed by atoms with Crippen LogP contribution in [-0.4, -0.2) is 67.0 Å². The molecule has 22 heteroatoms. The van der Waals surface area contributed by atoms with Crippen LogP contribution in [0.4, 0.5) is 11.4 Å². The molecule has 12 rings (SSSR count). The van der Waals surface area contributed by atoms with Crippen molar-refractivity contribution in [2.24, 2.45) is 0 Å². The minimum absolute atomic E-state index is 0.0957. The maximum absolute atomic E-state index is 12.5. The van der Waals surface area contributed by atoms with E-state index in [4.69, 9.17) is 97.7 Å². The van der Waals surface area contributed by atoms with Crippen molar-refractivity contribution in [3.05, 3.63) is 190 Å². The zero-order chi connectivity index (χ0) is 58.1. The number of benzene rings is 6. The summed E-state index contributed by atoms with van der Waals surface area (Å²) in [4.78, 5) is 20.6. The van der Waals surface area contributed by atoms with E-state index in [2.05, 4.69) is 31.1 Å². The summed E-state index contributed by atoms with van der Waals surface area (Å²) >= 11 is 42.7. The zero-order valence-electron chi connectivity index (χ0n) is 43.7. The molecule has 0 atom stereocenters. The average molecular weight is 1310 g/mol. The van der Waals surface area contributed by atoms with Crippen LogP contribution in [0.5, 0.6) is 11.5 Å². The predicted octanol–water partition coefficient (Wildman–Crippen LogP) is 15.3. The molecule has 82 heavy (non-hydrogen) atoms. The number of nitrogens with zero attached hydrogens (tertiary/aromatic N) is 4. The van der Waals surface area contributed by atoms with Gasteiger partial charge in [-0.15, -0.1) is 0 Å². The molecule has 14 nitrogen and oxygen atoms in total. The van der Waals surface area contributed by atoms with Crippen molar-refractivity contribution in [3.8, 4) is 34.0 Å². The largest absolute Gasteiger partial charge is 0.489 e.